The van der Waals surface area contributed by atoms with E-state index in [0.29, 0.717) is 24.5 Å². The topological polar surface area (TPSA) is 67.6 Å². The number of halogens is 1. The Morgan fingerprint density at radius 1 is 1.43 bits per heavy atom. The molecule has 1 N–H and O–H groups in total. The maximum Gasteiger partial charge on any atom is 0.329 e. The molecule has 1 aromatic carbocycles. The van der Waals surface area contributed by atoms with Crippen molar-refractivity contribution in [1.29, 1.82) is 0 Å². The lowest BCUT2D eigenvalue weighted by atomic mass is 10.1. The number of benzene rings is 1. The Bertz CT molecular complexity index is 710. The molecule has 0 aliphatic carbocycles. The predicted octanol–water partition coefficient (Wildman–Crippen LogP) is 2.47. The maximum absolute atomic E-state index is 13.4. The number of imidazole rings is 1. The van der Waals surface area contributed by atoms with Crippen molar-refractivity contribution in [3.05, 3.63) is 36.5 Å². The average Bonchev–Trinajstić information content (AvgIpc) is 3.07. The van der Waals surface area contributed by atoms with Crippen LogP contribution in [0.3, 0.4) is 0 Å². The highest BCUT2D eigenvalue weighted by molar-refractivity contribution is 5.78. The van der Waals surface area contributed by atoms with Crippen LogP contribution in [0.5, 0.6) is 5.75 Å². The van der Waals surface area contributed by atoms with Gasteiger partial charge in [-0.2, -0.15) is 0 Å². The average molecular weight is 319 g/mol. The lowest BCUT2D eigenvalue weighted by Crippen LogP contribution is -2.42. The van der Waals surface area contributed by atoms with Crippen LogP contribution in [0.2, 0.25) is 0 Å². The van der Waals surface area contributed by atoms with Gasteiger partial charge in [-0.25, -0.2) is 14.2 Å². The van der Waals surface area contributed by atoms with Gasteiger partial charge in [-0.05, 0) is 31.0 Å². The second-order valence-corrected chi connectivity index (χ2v) is 5.57. The summed E-state index contributed by atoms with van der Waals surface area (Å²) >= 11 is 0. The summed E-state index contributed by atoms with van der Waals surface area (Å²) in [4.78, 5) is 18.3. The minimum atomic E-state index is -0.720. The molecule has 1 aliphatic heterocycles. The van der Waals surface area contributed by atoms with Crippen LogP contribution in [0, 0.1) is 5.82 Å². The number of aromatic hydroxyl groups is 1. The Balaban J connectivity index is 1.77. The normalized spacial score (nSPS) is 15.6. The number of rotatable bonds is 2. The number of amides is 1. The van der Waals surface area contributed by atoms with Crippen LogP contribution in [0.4, 0.5) is 9.18 Å². The summed E-state index contributed by atoms with van der Waals surface area (Å²) in [6.45, 7) is 1.31. The molecular weight excluding hydrogens is 301 g/mol. The van der Waals surface area contributed by atoms with E-state index in [4.69, 9.17) is 4.74 Å². The van der Waals surface area contributed by atoms with Crippen molar-refractivity contribution in [2.45, 2.75) is 18.9 Å². The number of nitrogens with zero attached hydrogens (tertiary/aromatic N) is 3. The van der Waals surface area contributed by atoms with Gasteiger partial charge in [0.25, 0.3) is 0 Å². The highest BCUT2D eigenvalue weighted by atomic mass is 19.1. The van der Waals surface area contributed by atoms with Crippen LogP contribution in [0.25, 0.3) is 11.3 Å². The molecule has 0 bridgehead atoms. The number of phenols is 1. The number of carbonyl (C=O) groups excluding carboxylic acids is 1. The molecule has 122 valence electrons. The highest BCUT2D eigenvalue weighted by Crippen LogP contribution is 2.24. The van der Waals surface area contributed by atoms with Crippen molar-refractivity contribution in [3.8, 4) is 17.0 Å². The van der Waals surface area contributed by atoms with E-state index in [1.54, 1.807) is 24.2 Å². The zero-order valence-electron chi connectivity index (χ0n) is 12.8. The van der Waals surface area contributed by atoms with E-state index in [0.717, 1.165) is 12.8 Å². The van der Waals surface area contributed by atoms with Gasteiger partial charge in [-0.3, -0.25) is 4.57 Å². The van der Waals surface area contributed by atoms with Crippen molar-refractivity contribution in [1.82, 2.24) is 14.5 Å². The van der Waals surface area contributed by atoms with Crippen LogP contribution in [0.15, 0.2) is 30.7 Å². The maximum atomic E-state index is 13.4. The molecule has 23 heavy (non-hydrogen) atoms. The SMILES string of the molecule is CN(C(=O)n1cnc(-c2ccc(O)c(F)c2)c1)C1CCOCC1. The number of aromatic nitrogens is 2. The Morgan fingerprint density at radius 2 is 2.17 bits per heavy atom. The second-order valence-electron chi connectivity index (χ2n) is 5.57. The highest BCUT2D eigenvalue weighted by Gasteiger charge is 2.23. The van der Waals surface area contributed by atoms with Crippen molar-refractivity contribution >= 4 is 6.03 Å². The zero-order chi connectivity index (χ0) is 16.4. The monoisotopic (exact) mass is 319 g/mol. The first-order valence-electron chi connectivity index (χ1n) is 7.44. The second kappa shape index (κ2) is 6.37. The molecule has 2 heterocycles. The molecular formula is C16H18FN3O3. The summed E-state index contributed by atoms with van der Waals surface area (Å²) in [5.74, 6) is -1.13. The molecule has 1 amide bonds. The molecule has 1 saturated heterocycles. The van der Waals surface area contributed by atoms with Gasteiger partial charge in [0, 0.05) is 38.1 Å². The van der Waals surface area contributed by atoms with E-state index in [9.17, 15) is 14.3 Å². The first-order chi connectivity index (χ1) is 11.1. The van der Waals surface area contributed by atoms with Crippen LogP contribution < -0.4 is 0 Å². The predicted molar refractivity (Wildman–Crippen MR) is 81.7 cm³/mol. The van der Waals surface area contributed by atoms with Gasteiger partial charge in [0.2, 0.25) is 0 Å². The molecule has 0 saturated carbocycles. The fraction of sp³-hybridized carbons (Fsp3) is 0.375. The summed E-state index contributed by atoms with van der Waals surface area (Å²) in [7, 11) is 1.76. The van der Waals surface area contributed by atoms with E-state index in [2.05, 4.69) is 4.98 Å². The summed E-state index contributed by atoms with van der Waals surface area (Å²) < 4.78 is 20.1. The smallest absolute Gasteiger partial charge is 0.329 e. The summed E-state index contributed by atoms with van der Waals surface area (Å²) in [6.07, 6.45) is 4.60. The van der Waals surface area contributed by atoms with E-state index in [1.807, 2.05) is 0 Å². The fourth-order valence-electron chi connectivity index (χ4n) is 2.65. The molecule has 0 radical (unpaired) electrons. The molecule has 6 nitrogen and oxygen atoms in total. The third-order valence-corrected chi connectivity index (χ3v) is 4.09. The summed E-state index contributed by atoms with van der Waals surface area (Å²) in [5, 5.41) is 9.23. The third-order valence-electron chi connectivity index (χ3n) is 4.09. The Kier molecular flexibility index (Phi) is 4.29. The number of phenolic OH excluding ortho intramolecular Hbond substituents is 1. The van der Waals surface area contributed by atoms with Crippen molar-refractivity contribution in [2.75, 3.05) is 20.3 Å². The lowest BCUT2D eigenvalue weighted by molar-refractivity contribution is 0.0528. The van der Waals surface area contributed by atoms with Crippen molar-refractivity contribution in [3.63, 3.8) is 0 Å². The number of ether oxygens (including phenoxy) is 1. The largest absolute Gasteiger partial charge is 0.505 e. The van der Waals surface area contributed by atoms with Crippen LogP contribution in [0.1, 0.15) is 12.8 Å². The van der Waals surface area contributed by atoms with Crippen LogP contribution in [-0.4, -0.2) is 51.9 Å². The molecule has 3 rings (SSSR count). The van der Waals surface area contributed by atoms with Gasteiger partial charge in [0.1, 0.15) is 6.33 Å². The summed E-state index contributed by atoms with van der Waals surface area (Å²) in [5.41, 5.74) is 0.971. The van der Waals surface area contributed by atoms with Crippen molar-refractivity contribution < 1.29 is 19.0 Å². The van der Waals surface area contributed by atoms with E-state index < -0.39 is 11.6 Å². The summed E-state index contributed by atoms with van der Waals surface area (Å²) in [6, 6.07) is 3.97. The third kappa shape index (κ3) is 3.19. The number of carbonyl (C=O) groups is 1. The van der Waals surface area contributed by atoms with Gasteiger partial charge in [-0.15, -0.1) is 0 Å². The van der Waals surface area contributed by atoms with E-state index in [1.165, 1.54) is 23.0 Å². The molecule has 2 aromatic rings. The standard InChI is InChI=1S/C16H18FN3O3/c1-19(12-4-6-23-7-5-12)16(22)20-9-14(18-10-20)11-2-3-15(21)13(17)8-11/h2-3,8-10,12,21H,4-7H2,1H3. The quantitative estimate of drug-likeness (QED) is 0.923. The van der Waals surface area contributed by atoms with Crippen LogP contribution >= 0.6 is 0 Å². The van der Waals surface area contributed by atoms with Gasteiger partial charge in [0.15, 0.2) is 11.6 Å². The molecule has 1 aliphatic rings. The van der Waals surface area contributed by atoms with E-state index >= 15 is 0 Å². The Labute approximate surface area is 133 Å². The van der Waals surface area contributed by atoms with Crippen LogP contribution in [-0.2, 0) is 4.74 Å². The number of hydrogen-bond donors (Lipinski definition) is 1. The van der Waals surface area contributed by atoms with Gasteiger partial charge >= 0.3 is 6.03 Å². The molecule has 0 spiro atoms. The Morgan fingerprint density at radius 3 is 2.87 bits per heavy atom. The van der Waals surface area contributed by atoms with Gasteiger partial charge < -0.3 is 14.7 Å². The minimum Gasteiger partial charge on any atom is -0.505 e. The van der Waals surface area contributed by atoms with Gasteiger partial charge in [-0.1, -0.05) is 0 Å². The first-order valence-corrected chi connectivity index (χ1v) is 7.44. The first kappa shape index (κ1) is 15.5. The lowest BCUT2D eigenvalue weighted by Gasteiger charge is -2.30. The Hall–Kier alpha value is -2.41. The fourth-order valence-corrected chi connectivity index (χ4v) is 2.65. The zero-order valence-corrected chi connectivity index (χ0v) is 12.8. The van der Waals surface area contributed by atoms with E-state index in [-0.39, 0.29) is 12.1 Å². The molecule has 1 aromatic heterocycles. The van der Waals surface area contributed by atoms with Gasteiger partial charge in [0.05, 0.1) is 5.69 Å². The molecule has 0 atom stereocenters. The molecule has 1 fully saturated rings. The minimum absolute atomic E-state index is 0.146. The number of hydrogen-bond acceptors (Lipinski definition) is 4. The molecule has 0 unspecified atom stereocenters. The molecule has 7 heteroatoms. The van der Waals surface area contributed by atoms with Crippen molar-refractivity contribution in [2.24, 2.45) is 0 Å².